The third-order valence-corrected chi connectivity index (χ3v) is 4.82. The Morgan fingerprint density at radius 2 is 2.00 bits per heavy atom. The Labute approximate surface area is 123 Å². The first-order chi connectivity index (χ1) is 9.28. The molecule has 0 bridgehead atoms. The van der Waals surface area contributed by atoms with Gasteiger partial charge in [0.15, 0.2) is 5.11 Å². The standard InChI is InChI=1S/C14H17N3O2S/c1-13(2)14(3)8-16(11(15)18)12(20)17(14)9-6-4-5-7-10(9)19-13/h4-7H,8H2,1-3H3,(H2,15,18). The molecule has 106 valence electrons. The first kappa shape index (κ1) is 13.2. The maximum absolute atomic E-state index is 11.6. The Morgan fingerprint density at radius 1 is 1.35 bits per heavy atom. The second kappa shape index (κ2) is 3.85. The van der Waals surface area contributed by atoms with E-state index in [9.17, 15) is 4.79 Å². The molecule has 0 saturated carbocycles. The number of nitrogens with two attached hydrogens (primary N) is 1. The number of nitrogens with zero attached hydrogens (tertiary/aromatic N) is 2. The molecule has 2 heterocycles. The van der Waals surface area contributed by atoms with Crippen LogP contribution in [0.3, 0.4) is 0 Å². The van der Waals surface area contributed by atoms with Gasteiger partial charge in [-0.1, -0.05) is 12.1 Å². The molecule has 2 amide bonds. The van der Waals surface area contributed by atoms with Crippen LogP contribution in [0.4, 0.5) is 10.5 Å². The Morgan fingerprint density at radius 3 is 2.65 bits per heavy atom. The van der Waals surface area contributed by atoms with Crippen LogP contribution in [0.15, 0.2) is 24.3 Å². The molecule has 1 fully saturated rings. The molecule has 0 radical (unpaired) electrons. The van der Waals surface area contributed by atoms with Gasteiger partial charge in [0.1, 0.15) is 16.9 Å². The molecular formula is C14H17N3O2S. The molecule has 0 aromatic heterocycles. The molecule has 1 aromatic rings. The monoisotopic (exact) mass is 291 g/mol. The lowest BCUT2D eigenvalue weighted by Gasteiger charge is -2.50. The summed E-state index contributed by atoms with van der Waals surface area (Å²) in [5.41, 5.74) is 5.36. The van der Waals surface area contributed by atoms with E-state index in [4.69, 9.17) is 22.7 Å². The topological polar surface area (TPSA) is 58.8 Å². The first-order valence-corrected chi connectivity index (χ1v) is 6.88. The highest BCUT2D eigenvalue weighted by Gasteiger charge is 2.59. The van der Waals surface area contributed by atoms with Gasteiger partial charge < -0.3 is 15.4 Å². The molecule has 2 N–H and O–H groups in total. The van der Waals surface area contributed by atoms with Crippen LogP contribution in [0, 0.1) is 0 Å². The molecule has 1 aromatic carbocycles. The lowest BCUT2D eigenvalue weighted by atomic mass is 9.81. The van der Waals surface area contributed by atoms with E-state index < -0.39 is 17.2 Å². The van der Waals surface area contributed by atoms with Gasteiger partial charge in [-0.15, -0.1) is 0 Å². The number of anilines is 1. The average Bonchev–Trinajstić information content (AvgIpc) is 2.64. The van der Waals surface area contributed by atoms with Crippen molar-refractivity contribution in [3.8, 4) is 5.75 Å². The number of fused-ring (bicyclic) bond motifs is 3. The largest absolute Gasteiger partial charge is 0.483 e. The van der Waals surface area contributed by atoms with Gasteiger partial charge in [0.25, 0.3) is 0 Å². The van der Waals surface area contributed by atoms with Crippen molar-refractivity contribution in [3.05, 3.63) is 24.3 Å². The van der Waals surface area contributed by atoms with Gasteiger partial charge in [-0.05, 0) is 45.1 Å². The van der Waals surface area contributed by atoms with E-state index in [1.165, 1.54) is 4.90 Å². The molecular weight excluding hydrogens is 274 g/mol. The maximum Gasteiger partial charge on any atom is 0.321 e. The van der Waals surface area contributed by atoms with Crippen molar-refractivity contribution < 1.29 is 9.53 Å². The number of carbonyl (C=O) groups excluding carboxylic acids is 1. The molecule has 5 nitrogen and oxygen atoms in total. The van der Waals surface area contributed by atoms with Crippen molar-refractivity contribution in [1.29, 1.82) is 0 Å². The molecule has 0 aliphatic carbocycles. The summed E-state index contributed by atoms with van der Waals surface area (Å²) < 4.78 is 6.13. The number of amides is 2. The smallest absolute Gasteiger partial charge is 0.321 e. The number of rotatable bonds is 0. The zero-order valence-corrected chi connectivity index (χ0v) is 12.5. The third-order valence-electron chi connectivity index (χ3n) is 4.42. The molecule has 2 aliphatic heterocycles. The van der Waals surface area contributed by atoms with Crippen molar-refractivity contribution in [2.24, 2.45) is 5.73 Å². The number of benzene rings is 1. The van der Waals surface area contributed by atoms with Crippen molar-refractivity contribution in [3.63, 3.8) is 0 Å². The van der Waals surface area contributed by atoms with Crippen LogP contribution in [0.25, 0.3) is 0 Å². The van der Waals surface area contributed by atoms with E-state index >= 15 is 0 Å². The van der Waals surface area contributed by atoms with Crippen LogP contribution in [0.5, 0.6) is 5.75 Å². The summed E-state index contributed by atoms with van der Waals surface area (Å²) >= 11 is 5.46. The van der Waals surface area contributed by atoms with Crippen LogP contribution in [-0.2, 0) is 0 Å². The molecule has 6 heteroatoms. The lowest BCUT2D eigenvalue weighted by molar-refractivity contribution is 0.0251. The minimum Gasteiger partial charge on any atom is -0.483 e. The minimum absolute atomic E-state index is 0.419. The first-order valence-electron chi connectivity index (χ1n) is 6.47. The van der Waals surface area contributed by atoms with Gasteiger partial charge in [-0.2, -0.15) is 0 Å². The Bertz CT molecular complexity index is 616. The Kier molecular flexibility index (Phi) is 2.54. The fraction of sp³-hybridized carbons (Fsp3) is 0.429. The van der Waals surface area contributed by atoms with Crippen molar-refractivity contribution in [2.75, 3.05) is 11.4 Å². The summed E-state index contributed by atoms with van der Waals surface area (Å²) in [7, 11) is 0. The number of thiocarbonyl (C=S) groups is 1. The predicted molar refractivity (Wildman–Crippen MR) is 80.9 cm³/mol. The quantitative estimate of drug-likeness (QED) is 0.744. The van der Waals surface area contributed by atoms with E-state index in [1.54, 1.807) is 0 Å². The number of ether oxygens (including phenoxy) is 1. The van der Waals surface area contributed by atoms with Gasteiger partial charge >= 0.3 is 6.03 Å². The van der Waals surface area contributed by atoms with Gasteiger partial charge in [0.2, 0.25) is 0 Å². The summed E-state index contributed by atoms with van der Waals surface area (Å²) in [5, 5.41) is 0.434. The summed E-state index contributed by atoms with van der Waals surface area (Å²) in [4.78, 5) is 15.0. The van der Waals surface area contributed by atoms with Crippen LogP contribution in [0.2, 0.25) is 0 Å². The molecule has 3 rings (SSSR count). The van der Waals surface area contributed by atoms with E-state index in [0.29, 0.717) is 11.7 Å². The minimum atomic E-state index is -0.529. The maximum atomic E-state index is 11.6. The van der Waals surface area contributed by atoms with Crippen molar-refractivity contribution in [2.45, 2.75) is 31.9 Å². The van der Waals surface area contributed by atoms with E-state index in [2.05, 4.69) is 0 Å². The zero-order valence-electron chi connectivity index (χ0n) is 11.7. The highest BCUT2D eigenvalue weighted by molar-refractivity contribution is 7.80. The number of urea groups is 1. The van der Waals surface area contributed by atoms with Gasteiger partial charge in [0, 0.05) is 0 Å². The van der Waals surface area contributed by atoms with E-state index in [0.717, 1.165) is 11.4 Å². The van der Waals surface area contributed by atoms with Gasteiger partial charge in [-0.25, -0.2) is 4.79 Å². The van der Waals surface area contributed by atoms with Crippen molar-refractivity contribution in [1.82, 2.24) is 4.90 Å². The summed E-state index contributed by atoms with van der Waals surface area (Å²) in [6, 6.07) is 7.17. The van der Waals surface area contributed by atoms with E-state index in [1.807, 2.05) is 49.9 Å². The van der Waals surface area contributed by atoms with Crippen LogP contribution in [-0.4, -0.2) is 33.7 Å². The van der Waals surface area contributed by atoms with Crippen LogP contribution < -0.4 is 15.4 Å². The number of hydrogen-bond donors (Lipinski definition) is 1. The van der Waals surface area contributed by atoms with Crippen molar-refractivity contribution >= 4 is 29.0 Å². The third kappa shape index (κ3) is 1.48. The fourth-order valence-electron chi connectivity index (χ4n) is 2.89. The number of primary amides is 1. The average molecular weight is 291 g/mol. The highest BCUT2D eigenvalue weighted by atomic mass is 32.1. The Balaban J connectivity index is 2.21. The van der Waals surface area contributed by atoms with Gasteiger partial charge in [0.05, 0.1) is 12.2 Å². The molecule has 1 atom stereocenters. The number of carbonyl (C=O) groups is 1. The molecule has 20 heavy (non-hydrogen) atoms. The number of para-hydroxylation sites is 2. The molecule has 1 unspecified atom stereocenters. The lowest BCUT2D eigenvalue weighted by Crippen LogP contribution is -2.64. The second-order valence-electron chi connectivity index (χ2n) is 5.90. The zero-order chi connectivity index (χ0) is 14.7. The summed E-state index contributed by atoms with van der Waals surface area (Å²) in [6.07, 6.45) is 0. The molecule has 2 aliphatic rings. The predicted octanol–water partition coefficient (Wildman–Crippen LogP) is 2.10. The fourth-order valence-corrected chi connectivity index (χ4v) is 3.35. The van der Waals surface area contributed by atoms with E-state index in [-0.39, 0.29) is 0 Å². The van der Waals surface area contributed by atoms with Crippen LogP contribution in [0.1, 0.15) is 20.8 Å². The second-order valence-corrected chi connectivity index (χ2v) is 6.26. The number of hydrogen-bond acceptors (Lipinski definition) is 3. The molecule has 1 saturated heterocycles. The molecule has 0 spiro atoms. The normalized spacial score (nSPS) is 26.9. The Hall–Kier alpha value is -1.82. The van der Waals surface area contributed by atoms with Gasteiger partial charge in [-0.3, -0.25) is 4.90 Å². The highest BCUT2D eigenvalue weighted by Crippen LogP contribution is 2.49. The summed E-state index contributed by atoms with van der Waals surface area (Å²) in [5.74, 6) is 0.767. The van der Waals surface area contributed by atoms with Crippen LogP contribution >= 0.6 is 12.2 Å². The summed E-state index contributed by atoms with van der Waals surface area (Å²) in [6.45, 7) is 6.47. The SMILES string of the molecule is CC1(C)Oc2ccccc2N2C(=S)N(C(N)=O)CC21C.